The van der Waals surface area contributed by atoms with E-state index in [-0.39, 0.29) is 6.10 Å². The van der Waals surface area contributed by atoms with Crippen LogP contribution in [-0.2, 0) is 16.0 Å². The molecule has 4 nitrogen and oxygen atoms in total. The van der Waals surface area contributed by atoms with E-state index in [1.54, 1.807) is 0 Å². The molecular weight excluding hydrogens is 218 g/mol. The van der Waals surface area contributed by atoms with Gasteiger partial charge in [-0.3, -0.25) is 0 Å². The van der Waals surface area contributed by atoms with Crippen molar-refractivity contribution in [2.24, 2.45) is 0 Å². The summed E-state index contributed by atoms with van der Waals surface area (Å²) < 4.78 is 11.8. The molecule has 0 N–H and O–H groups in total. The van der Waals surface area contributed by atoms with Gasteiger partial charge < -0.3 is 14.7 Å². The Morgan fingerprint density at radius 2 is 2.12 bits per heavy atom. The first kappa shape index (κ1) is 12.1. The van der Waals surface area contributed by atoms with Crippen LogP contribution in [0.1, 0.15) is 19.4 Å². The molecule has 1 aliphatic heterocycles. The quantitative estimate of drug-likeness (QED) is 0.348. The number of hydrogen-bond donors (Lipinski definition) is 0. The van der Waals surface area contributed by atoms with Crippen LogP contribution in [-0.4, -0.2) is 29.5 Å². The first-order valence-corrected chi connectivity index (χ1v) is 5.70. The minimum Gasteiger partial charge on any atom is -0.624 e. The molecule has 1 aromatic rings. The Balaban J connectivity index is 1.94. The van der Waals surface area contributed by atoms with Gasteiger partial charge in [0.05, 0.1) is 6.61 Å². The van der Waals surface area contributed by atoms with E-state index in [4.69, 9.17) is 9.47 Å². The van der Waals surface area contributed by atoms with E-state index in [1.807, 2.05) is 44.2 Å². The molecule has 2 rings (SSSR count). The van der Waals surface area contributed by atoms with Crippen molar-refractivity contribution in [3.8, 4) is 0 Å². The highest BCUT2D eigenvalue weighted by atomic mass is 16.7. The van der Waals surface area contributed by atoms with Gasteiger partial charge in [0.2, 0.25) is 0 Å². The smallest absolute Gasteiger partial charge is 0.182 e. The largest absolute Gasteiger partial charge is 0.624 e. The third-order valence-corrected chi connectivity index (χ3v) is 2.54. The maximum atomic E-state index is 11.7. The monoisotopic (exact) mass is 235 g/mol. The molecule has 1 saturated heterocycles. The zero-order valence-corrected chi connectivity index (χ0v) is 10.1. The van der Waals surface area contributed by atoms with Crippen molar-refractivity contribution in [3.05, 3.63) is 41.1 Å². The van der Waals surface area contributed by atoms with E-state index in [9.17, 15) is 5.21 Å². The van der Waals surface area contributed by atoms with Crippen LogP contribution < -0.4 is 0 Å². The maximum Gasteiger partial charge on any atom is 0.182 e. The first-order chi connectivity index (χ1) is 8.05. The van der Waals surface area contributed by atoms with Gasteiger partial charge in [-0.15, -0.1) is 0 Å². The molecule has 0 aromatic heterocycles. The van der Waals surface area contributed by atoms with Crippen molar-refractivity contribution >= 4 is 6.21 Å². The molecule has 0 radical (unpaired) electrons. The van der Waals surface area contributed by atoms with E-state index in [0.717, 1.165) is 10.3 Å². The van der Waals surface area contributed by atoms with Crippen LogP contribution in [0.3, 0.4) is 0 Å². The molecule has 1 heterocycles. The summed E-state index contributed by atoms with van der Waals surface area (Å²) in [6.07, 6.45) is 1.27. The van der Waals surface area contributed by atoms with Gasteiger partial charge in [-0.2, -0.15) is 0 Å². The van der Waals surface area contributed by atoms with Crippen LogP contribution in [0, 0.1) is 5.21 Å². The lowest BCUT2D eigenvalue weighted by Crippen LogP contribution is -2.24. The second-order valence-electron chi connectivity index (χ2n) is 4.58. The average molecular weight is 235 g/mol. The topological polar surface area (TPSA) is 44.5 Å². The zero-order valence-electron chi connectivity index (χ0n) is 10.1. The summed E-state index contributed by atoms with van der Waals surface area (Å²) in [5, 5.41) is 11.7. The Hall–Kier alpha value is -1.39. The standard InChI is InChI=1S/C13H17NO3/c1-13(2)16-10-12(17-13)9-14(15)8-11-6-4-3-5-7-11/h3-7,9,12H,8,10H2,1-2H3/b14-9+/t12-/m0/s1. The van der Waals surface area contributed by atoms with Crippen molar-refractivity contribution in [1.82, 2.24) is 0 Å². The fourth-order valence-electron chi connectivity index (χ4n) is 1.79. The number of hydroxylamine groups is 1. The summed E-state index contributed by atoms with van der Waals surface area (Å²) in [7, 11) is 0. The minimum absolute atomic E-state index is 0.258. The summed E-state index contributed by atoms with van der Waals surface area (Å²) in [4.78, 5) is 0. The molecule has 17 heavy (non-hydrogen) atoms. The van der Waals surface area contributed by atoms with Crippen LogP contribution >= 0.6 is 0 Å². The SMILES string of the molecule is CC1(C)OC[C@H](/C=[N+](/[O-])Cc2ccccc2)O1. The molecule has 0 saturated carbocycles. The summed E-state index contributed by atoms with van der Waals surface area (Å²) in [5.41, 5.74) is 0.983. The van der Waals surface area contributed by atoms with Crippen LogP contribution in [0.15, 0.2) is 30.3 Å². The highest BCUT2D eigenvalue weighted by Gasteiger charge is 2.33. The van der Waals surface area contributed by atoms with Gasteiger partial charge in [0, 0.05) is 5.56 Å². The van der Waals surface area contributed by atoms with Gasteiger partial charge in [-0.05, 0) is 13.8 Å². The summed E-state index contributed by atoms with van der Waals surface area (Å²) in [6, 6.07) is 9.62. The van der Waals surface area contributed by atoms with E-state index in [2.05, 4.69) is 0 Å². The Morgan fingerprint density at radius 1 is 1.41 bits per heavy atom. The van der Waals surface area contributed by atoms with E-state index in [1.165, 1.54) is 6.21 Å². The normalized spacial score (nSPS) is 23.9. The lowest BCUT2D eigenvalue weighted by molar-refractivity contribution is -0.472. The fraction of sp³-hybridized carbons (Fsp3) is 0.462. The predicted octanol–water partition coefficient (Wildman–Crippen LogP) is 1.92. The molecule has 1 aromatic carbocycles. The number of rotatable bonds is 3. The first-order valence-electron chi connectivity index (χ1n) is 5.70. The Morgan fingerprint density at radius 3 is 2.71 bits per heavy atom. The van der Waals surface area contributed by atoms with Crippen LogP contribution in [0.4, 0.5) is 0 Å². The molecule has 1 aliphatic rings. The van der Waals surface area contributed by atoms with Crippen molar-refractivity contribution in [2.75, 3.05) is 6.61 Å². The van der Waals surface area contributed by atoms with E-state index < -0.39 is 5.79 Å². The number of ether oxygens (including phenoxy) is 2. The van der Waals surface area contributed by atoms with Crippen LogP contribution in [0.2, 0.25) is 0 Å². The summed E-state index contributed by atoms with van der Waals surface area (Å²) in [6.45, 7) is 4.45. The highest BCUT2D eigenvalue weighted by Crippen LogP contribution is 2.21. The summed E-state index contributed by atoms with van der Waals surface area (Å²) >= 11 is 0. The zero-order chi connectivity index (χ0) is 12.3. The van der Waals surface area contributed by atoms with Crippen molar-refractivity contribution in [3.63, 3.8) is 0 Å². The van der Waals surface area contributed by atoms with Crippen molar-refractivity contribution in [1.29, 1.82) is 0 Å². The fourth-order valence-corrected chi connectivity index (χ4v) is 1.79. The summed E-state index contributed by atoms with van der Waals surface area (Å²) in [5.74, 6) is -0.589. The molecule has 1 atom stereocenters. The molecule has 0 aliphatic carbocycles. The average Bonchev–Trinajstić information content (AvgIpc) is 2.59. The maximum absolute atomic E-state index is 11.7. The number of benzene rings is 1. The van der Waals surface area contributed by atoms with Crippen molar-refractivity contribution < 1.29 is 14.2 Å². The van der Waals surface area contributed by atoms with Crippen molar-refractivity contribution in [2.45, 2.75) is 32.3 Å². The Labute approximate surface area is 101 Å². The van der Waals surface area contributed by atoms with Gasteiger partial charge in [-0.1, -0.05) is 30.3 Å². The van der Waals surface area contributed by atoms with E-state index >= 15 is 0 Å². The predicted molar refractivity (Wildman–Crippen MR) is 64.7 cm³/mol. The van der Waals surface area contributed by atoms with Gasteiger partial charge in [0.15, 0.2) is 24.7 Å². The lowest BCUT2D eigenvalue weighted by atomic mass is 10.2. The minimum atomic E-state index is -0.589. The van der Waals surface area contributed by atoms with Gasteiger partial charge in [0.1, 0.15) is 0 Å². The molecule has 0 spiro atoms. The van der Waals surface area contributed by atoms with Crippen LogP contribution in [0.5, 0.6) is 0 Å². The molecule has 4 heteroatoms. The molecule has 1 fully saturated rings. The number of hydrogen-bond acceptors (Lipinski definition) is 3. The van der Waals surface area contributed by atoms with Gasteiger partial charge >= 0.3 is 0 Å². The third-order valence-electron chi connectivity index (χ3n) is 2.54. The molecule has 0 bridgehead atoms. The van der Waals surface area contributed by atoms with Crippen LogP contribution in [0.25, 0.3) is 0 Å². The van der Waals surface area contributed by atoms with Gasteiger partial charge in [0.25, 0.3) is 0 Å². The molecule has 92 valence electrons. The second kappa shape index (κ2) is 4.85. The number of nitrogens with zero attached hydrogens (tertiary/aromatic N) is 1. The Kier molecular flexibility index (Phi) is 3.45. The lowest BCUT2D eigenvalue weighted by Gasteiger charge is -2.15. The molecule has 0 unspecified atom stereocenters. The third kappa shape index (κ3) is 3.54. The van der Waals surface area contributed by atoms with Gasteiger partial charge in [-0.25, -0.2) is 4.74 Å². The van der Waals surface area contributed by atoms with E-state index in [0.29, 0.717) is 13.2 Å². The second-order valence-corrected chi connectivity index (χ2v) is 4.58. The highest BCUT2D eigenvalue weighted by molar-refractivity contribution is 5.58. The Bertz CT molecular complexity index is 400. The molecule has 0 amide bonds. The molecular formula is C13H17NO3.